The van der Waals surface area contributed by atoms with Crippen LogP contribution in [0.15, 0.2) is 24.8 Å². The van der Waals surface area contributed by atoms with Gasteiger partial charge in [-0.05, 0) is 30.5 Å². The predicted octanol–water partition coefficient (Wildman–Crippen LogP) is 1.75. The first-order valence-electron chi connectivity index (χ1n) is 6.73. The first-order valence-corrected chi connectivity index (χ1v) is 6.73. The second kappa shape index (κ2) is 6.59. The third kappa shape index (κ3) is 4.26. The predicted molar refractivity (Wildman–Crippen MR) is 78.1 cm³/mol. The van der Waals surface area contributed by atoms with E-state index in [-0.39, 0.29) is 6.10 Å². The average molecular weight is 262 g/mol. The van der Waals surface area contributed by atoms with Gasteiger partial charge in [-0.1, -0.05) is 12.7 Å². The smallest absolute Gasteiger partial charge is 0.122 e. The largest absolute Gasteiger partial charge is 0.492 e. The molecule has 1 aromatic rings. The molecule has 0 spiro atoms. The van der Waals surface area contributed by atoms with Gasteiger partial charge in [-0.3, -0.25) is 4.90 Å². The zero-order valence-corrected chi connectivity index (χ0v) is 11.2. The van der Waals surface area contributed by atoms with Crippen molar-refractivity contribution in [1.29, 1.82) is 0 Å². The van der Waals surface area contributed by atoms with E-state index in [2.05, 4.69) is 11.5 Å². The zero-order valence-electron chi connectivity index (χ0n) is 11.2. The number of aliphatic hydroxyl groups excluding tert-OH is 1. The van der Waals surface area contributed by atoms with Crippen LogP contribution in [0.4, 0.5) is 5.69 Å². The lowest BCUT2D eigenvalue weighted by atomic mass is 10.1. The van der Waals surface area contributed by atoms with E-state index in [0.717, 1.165) is 43.8 Å². The number of piperidine rings is 1. The summed E-state index contributed by atoms with van der Waals surface area (Å²) >= 11 is 0. The summed E-state index contributed by atoms with van der Waals surface area (Å²) in [6.07, 6.45) is 3.36. The van der Waals surface area contributed by atoms with Gasteiger partial charge in [0, 0.05) is 31.4 Å². The molecule has 2 rings (SSSR count). The van der Waals surface area contributed by atoms with Crippen LogP contribution in [0.1, 0.15) is 18.4 Å². The minimum Gasteiger partial charge on any atom is -0.492 e. The first kappa shape index (κ1) is 13.9. The van der Waals surface area contributed by atoms with Gasteiger partial charge in [-0.25, -0.2) is 0 Å². The molecule has 1 heterocycles. The lowest BCUT2D eigenvalue weighted by molar-refractivity contribution is 0.0755. The Hall–Kier alpha value is -1.52. The molecule has 0 amide bonds. The minimum absolute atomic E-state index is 0.124. The number of hydrogen-bond acceptors (Lipinski definition) is 4. The van der Waals surface area contributed by atoms with E-state index in [1.165, 1.54) is 0 Å². The van der Waals surface area contributed by atoms with Crippen LogP contribution in [0.25, 0.3) is 6.08 Å². The zero-order chi connectivity index (χ0) is 13.7. The Bertz CT molecular complexity index is 426. The molecule has 1 aliphatic rings. The fourth-order valence-corrected chi connectivity index (χ4v) is 2.28. The van der Waals surface area contributed by atoms with Crippen molar-refractivity contribution < 1.29 is 9.84 Å². The summed E-state index contributed by atoms with van der Waals surface area (Å²) in [5.74, 6) is 0.784. The molecule has 1 aliphatic heterocycles. The molecule has 104 valence electrons. The third-order valence-electron chi connectivity index (χ3n) is 3.42. The van der Waals surface area contributed by atoms with Crippen molar-refractivity contribution in [3.63, 3.8) is 0 Å². The molecule has 4 nitrogen and oxygen atoms in total. The summed E-state index contributed by atoms with van der Waals surface area (Å²) in [5.41, 5.74) is 7.46. The van der Waals surface area contributed by atoms with Crippen molar-refractivity contribution in [3.8, 4) is 5.75 Å². The Labute approximate surface area is 114 Å². The number of anilines is 1. The van der Waals surface area contributed by atoms with E-state index < -0.39 is 0 Å². The highest BCUT2D eigenvalue weighted by molar-refractivity contribution is 5.58. The summed E-state index contributed by atoms with van der Waals surface area (Å²) in [6.45, 7) is 7.13. The van der Waals surface area contributed by atoms with Gasteiger partial charge in [0.15, 0.2) is 0 Å². The van der Waals surface area contributed by atoms with Crippen LogP contribution in [0.2, 0.25) is 0 Å². The molecule has 0 bridgehead atoms. The van der Waals surface area contributed by atoms with Crippen LogP contribution >= 0.6 is 0 Å². The van der Waals surface area contributed by atoms with Gasteiger partial charge in [0.25, 0.3) is 0 Å². The number of rotatable bonds is 5. The van der Waals surface area contributed by atoms with Crippen LogP contribution in [-0.4, -0.2) is 42.4 Å². The van der Waals surface area contributed by atoms with Gasteiger partial charge < -0.3 is 15.6 Å². The van der Waals surface area contributed by atoms with E-state index >= 15 is 0 Å². The number of hydrogen-bond donors (Lipinski definition) is 2. The number of nitrogens with zero attached hydrogens (tertiary/aromatic N) is 1. The highest BCUT2D eigenvalue weighted by atomic mass is 16.5. The van der Waals surface area contributed by atoms with Gasteiger partial charge in [0.2, 0.25) is 0 Å². The van der Waals surface area contributed by atoms with Gasteiger partial charge in [-0.2, -0.15) is 0 Å². The number of aliphatic hydroxyl groups is 1. The highest BCUT2D eigenvalue weighted by Crippen LogP contribution is 2.19. The fraction of sp³-hybridized carbons (Fsp3) is 0.467. The number of benzene rings is 1. The Morgan fingerprint density at radius 1 is 1.37 bits per heavy atom. The van der Waals surface area contributed by atoms with Crippen molar-refractivity contribution in [2.75, 3.05) is 32.0 Å². The van der Waals surface area contributed by atoms with Crippen LogP contribution < -0.4 is 10.5 Å². The lowest BCUT2D eigenvalue weighted by Crippen LogP contribution is -2.38. The standard InChI is InChI=1S/C15H22N2O2/c1-2-12-9-13(16)11-15(10-12)19-8-7-17-5-3-14(18)4-6-17/h2,9-11,14,18H,1,3-8,16H2. The summed E-state index contributed by atoms with van der Waals surface area (Å²) in [6, 6.07) is 5.63. The molecule has 0 radical (unpaired) electrons. The molecule has 0 aromatic heterocycles. The first-order chi connectivity index (χ1) is 9.17. The number of likely N-dealkylation sites (tertiary alicyclic amines) is 1. The lowest BCUT2D eigenvalue weighted by Gasteiger charge is -2.29. The fourth-order valence-electron chi connectivity index (χ4n) is 2.28. The quantitative estimate of drug-likeness (QED) is 0.794. The highest BCUT2D eigenvalue weighted by Gasteiger charge is 2.16. The van der Waals surface area contributed by atoms with E-state index in [4.69, 9.17) is 10.5 Å². The van der Waals surface area contributed by atoms with E-state index in [0.29, 0.717) is 12.3 Å². The van der Waals surface area contributed by atoms with Gasteiger partial charge in [0.1, 0.15) is 12.4 Å². The second-order valence-electron chi connectivity index (χ2n) is 4.96. The van der Waals surface area contributed by atoms with Gasteiger partial charge >= 0.3 is 0 Å². The summed E-state index contributed by atoms with van der Waals surface area (Å²) < 4.78 is 5.73. The number of nitrogen functional groups attached to an aromatic ring is 1. The normalized spacial score (nSPS) is 17.3. The molecule has 4 heteroatoms. The molecule has 1 saturated heterocycles. The molecule has 1 aromatic carbocycles. The topological polar surface area (TPSA) is 58.7 Å². The van der Waals surface area contributed by atoms with Crippen LogP contribution in [0, 0.1) is 0 Å². The Morgan fingerprint density at radius 3 is 2.79 bits per heavy atom. The number of ether oxygens (including phenoxy) is 1. The Morgan fingerprint density at radius 2 is 2.11 bits per heavy atom. The average Bonchev–Trinajstić information content (AvgIpc) is 2.40. The molecular weight excluding hydrogens is 240 g/mol. The molecule has 0 atom stereocenters. The molecule has 1 fully saturated rings. The van der Waals surface area contributed by atoms with Crippen molar-refractivity contribution >= 4 is 11.8 Å². The monoisotopic (exact) mass is 262 g/mol. The van der Waals surface area contributed by atoms with Crippen molar-refractivity contribution in [2.45, 2.75) is 18.9 Å². The van der Waals surface area contributed by atoms with Crippen LogP contribution in [0.3, 0.4) is 0 Å². The summed E-state index contributed by atoms with van der Waals surface area (Å²) in [7, 11) is 0. The summed E-state index contributed by atoms with van der Waals surface area (Å²) in [4.78, 5) is 2.31. The molecule has 0 unspecified atom stereocenters. The Kier molecular flexibility index (Phi) is 4.82. The molecule has 3 N–H and O–H groups in total. The SMILES string of the molecule is C=Cc1cc(N)cc(OCCN2CCC(O)CC2)c1. The van der Waals surface area contributed by atoms with Gasteiger partial charge in [0.05, 0.1) is 6.10 Å². The molecule has 0 aliphatic carbocycles. The molecular formula is C15H22N2O2. The van der Waals surface area contributed by atoms with Crippen molar-refractivity contribution in [2.24, 2.45) is 0 Å². The van der Waals surface area contributed by atoms with Crippen LogP contribution in [0.5, 0.6) is 5.75 Å². The Balaban J connectivity index is 1.79. The maximum atomic E-state index is 9.44. The van der Waals surface area contributed by atoms with E-state index in [1.807, 2.05) is 18.2 Å². The summed E-state index contributed by atoms with van der Waals surface area (Å²) in [5, 5.41) is 9.44. The second-order valence-corrected chi connectivity index (χ2v) is 4.96. The molecule has 19 heavy (non-hydrogen) atoms. The van der Waals surface area contributed by atoms with Gasteiger partial charge in [-0.15, -0.1) is 0 Å². The molecule has 0 saturated carbocycles. The van der Waals surface area contributed by atoms with E-state index in [9.17, 15) is 5.11 Å². The number of nitrogens with two attached hydrogens (primary N) is 1. The maximum absolute atomic E-state index is 9.44. The van der Waals surface area contributed by atoms with E-state index in [1.54, 1.807) is 6.08 Å². The van der Waals surface area contributed by atoms with Crippen molar-refractivity contribution in [1.82, 2.24) is 4.90 Å². The maximum Gasteiger partial charge on any atom is 0.122 e. The van der Waals surface area contributed by atoms with Crippen molar-refractivity contribution in [3.05, 3.63) is 30.3 Å². The minimum atomic E-state index is -0.124. The third-order valence-corrected chi connectivity index (χ3v) is 3.42. The van der Waals surface area contributed by atoms with Crippen LogP contribution in [-0.2, 0) is 0 Å².